The number of carbonyl (C=O) groups excluding carboxylic acids is 1. The number of rotatable bonds is 8. The number of carbonyl (C=O) groups is 1. The van der Waals surface area contributed by atoms with E-state index < -0.39 is 4.92 Å². The van der Waals surface area contributed by atoms with Crippen molar-refractivity contribution in [1.29, 1.82) is 0 Å². The Labute approximate surface area is 163 Å². The maximum absolute atomic E-state index is 12.0. The fraction of sp³-hybridized carbons (Fsp3) is 0.235. The molecule has 26 heavy (non-hydrogen) atoms. The molecule has 0 aliphatic heterocycles. The molecule has 2 aromatic carbocycles. The molecule has 0 aliphatic rings. The van der Waals surface area contributed by atoms with Crippen molar-refractivity contribution in [3.63, 3.8) is 0 Å². The van der Waals surface area contributed by atoms with Gasteiger partial charge in [0.2, 0.25) is 5.91 Å². The number of hydrogen-bond donors (Lipinski definition) is 1. The van der Waals surface area contributed by atoms with Gasteiger partial charge in [0, 0.05) is 17.5 Å². The Hall–Kier alpha value is -2.32. The molecule has 7 nitrogen and oxygen atoms in total. The minimum absolute atomic E-state index is 0.109. The van der Waals surface area contributed by atoms with Crippen molar-refractivity contribution in [3.8, 4) is 11.5 Å². The van der Waals surface area contributed by atoms with E-state index >= 15 is 0 Å². The van der Waals surface area contributed by atoms with Crippen molar-refractivity contribution >= 4 is 44.8 Å². The highest BCUT2D eigenvalue weighted by atomic mass is 79.9. The molecule has 9 heteroatoms. The first-order valence-electron chi connectivity index (χ1n) is 7.61. The number of non-ortho nitro benzene ring substituents is 1. The summed E-state index contributed by atoms with van der Waals surface area (Å²) in [7, 11) is 1.38. The number of methoxy groups -OCH3 is 1. The molecule has 2 aromatic rings. The molecule has 0 heterocycles. The van der Waals surface area contributed by atoms with Gasteiger partial charge in [-0.25, -0.2) is 0 Å². The summed E-state index contributed by atoms with van der Waals surface area (Å²) in [5, 5.41) is 14.0. The van der Waals surface area contributed by atoms with Crippen LogP contribution in [0, 0.1) is 10.1 Å². The SMILES string of the molecule is COc1cc([N+](=O)[O-])ccc1NC(=O)CCCOc1ccc(Cl)cc1Br. The van der Waals surface area contributed by atoms with E-state index in [0.717, 1.165) is 4.47 Å². The van der Waals surface area contributed by atoms with Gasteiger partial charge in [-0.15, -0.1) is 0 Å². The number of nitro groups is 1. The van der Waals surface area contributed by atoms with Crippen LogP contribution in [0.15, 0.2) is 40.9 Å². The van der Waals surface area contributed by atoms with E-state index in [1.807, 2.05) is 0 Å². The monoisotopic (exact) mass is 442 g/mol. The van der Waals surface area contributed by atoms with E-state index in [0.29, 0.717) is 29.5 Å². The van der Waals surface area contributed by atoms with E-state index in [2.05, 4.69) is 21.2 Å². The Kier molecular flexibility index (Phi) is 7.23. The summed E-state index contributed by atoms with van der Waals surface area (Å²) in [5.74, 6) is 0.636. The van der Waals surface area contributed by atoms with Crippen LogP contribution in [0.1, 0.15) is 12.8 Å². The summed E-state index contributed by atoms with van der Waals surface area (Å²) < 4.78 is 11.4. The van der Waals surface area contributed by atoms with Crippen molar-refractivity contribution in [2.45, 2.75) is 12.8 Å². The zero-order valence-electron chi connectivity index (χ0n) is 13.8. The molecule has 0 atom stereocenters. The van der Waals surface area contributed by atoms with Gasteiger partial charge in [0.05, 0.1) is 34.9 Å². The molecule has 0 bridgehead atoms. The van der Waals surface area contributed by atoms with Crippen molar-refractivity contribution in [1.82, 2.24) is 0 Å². The molecule has 0 saturated heterocycles. The summed E-state index contributed by atoms with van der Waals surface area (Å²) >= 11 is 9.22. The zero-order valence-corrected chi connectivity index (χ0v) is 16.2. The first-order chi connectivity index (χ1) is 12.4. The number of halogens is 2. The second-order valence-electron chi connectivity index (χ2n) is 5.22. The lowest BCUT2D eigenvalue weighted by Crippen LogP contribution is -2.13. The lowest BCUT2D eigenvalue weighted by atomic mass is 10.2. The molecule has 0 fully saturated rings. The number of anilines is 1. The zero-order chi connectivity index (χ0) is 19.1. The number of hydrogen-bond acceptors (Lipinski definition) is 5. The summed E-state index contributed by atoms with van der Waals surface area (Å²) in [4.78, 5) is 22.3. The van der Waals surface area contributed by atoms with E-state index in [4.69, 9.17) is 21.1 Å². The highest BCUT2D eigenvalue weighted by molar-refractivity contribution is 9.10. The Morgan fingerprint density at radius 3 is 2.69 bits per heavy atom. The molecule has 138 valence electrons. The van der Waals surface area contributed by atoms with Gasteiger partial charge in [-0.2, -0.15) is 0 Å². The molecule has 0 aliphatic carbocycles. The highest BCUT2D eigenvalue weighted by Crippen LogP contribution is 2.30. The number of nitrogens with one attached hydrogen (secondary N) is 1. The maximum atomic E-state index is 12.0. The van der Waals surface area contributed by atoms with Crippen LogP contribution in [0.5, 0.6) is 11.5 Å². The number of nitro benzene ring substituents is 1. The predicted octanol–water partition coefficient (Wildman–Crippen LogP) is 4.82. The van der Waals surface area contributed by atoms with E-state index in [1.165, 1.54) is 25.3 Å². The Morgan fingerprint density at radius 1 is 1.27 bits per heavy atom. The van der Waals surface area contributed by atoms with Crippen LogP contribution in [0.25, 0.3) is 0 Å². The topological polar surface area (TPSA) is 90.7 Å². The van der Waals surface area contributed by atoms with Crippen molar-refractivity contribution in [2.75, 3.05) is 19.0 Å². The normalized spacial score (nSPS) is 10.3. The first kappa shape index (κ1) is 20.0. The third kappa shape index (κ3) is 5.60. The molecular weight excluding hydrogens is 428 g/mol. The van der Waals surface area contributed by atoms with Crippen LogP contribution in [-0.4, -0.2) is 24.5 Å². The van der Waals surface area contributed by atoms with Gasteiger partial charge in [-0.3, -0.25) is 14.9 Å². The van der Waals surface area contributed by atoms with Crippen molar-refractivity contribution in [3.05, 3.63) is 56.0 Å². The summed E-state index contributed by atoms with van der Waals surface area (Å²) in [6, 6.07) is 9.19. The summed E-state index contributed by atoms with van der Waals surface area (Å²) in [6.07, 6.45) is 0.724. The third-order valence-electron chi connectivity index (χ3n) is 3.37. The van der Waals surface area contributed by atoms with Gasteiger partial charge >= 0.3 is 0 Å². The van der Waals surface area contributed by atoms with Gasteiger partial charge in [0.15, 0.2) is 0 Å². The van der Waals surface area contributed by atoms with E-state index in [9.17, 15) is 14.9 Å². The summed E-state index contributed by atoms with van der Waals surface area (Å²) in [6.45, 7) is 0.352. The third-order valence-corrected chi connectivity index (χ3v) is 4.22. The molecule has 0 unspecified atom stereocenters. The van der Waals surface area contributed by atoms with E-state index in [1.54, 1.807) is 18.2 Å². The molecular formula is C17H16BrClN2O5. The quantitative estimate of drug-likeness (QED) is 0.359. The minimum atomic E-state index is -0.527. The van der Waals surface area contributed by atoms with Crippen molar-refractivity contribution < 1.29 is 19.2 Å². The fourth-order valence-corrected chi connectivity index (χ4v) is 2.91. The van der Waals surface area contributed by atoms with E-state index in [-0.39, 0.29) is 23.8 Å². The Morgan fingerprint density at radius 2 is 2.04 bits per heavy atom. The first-order valence-corrected chi connectivity index (χ1v) is 8.78. The molecule has 1 N–H and O–H groups in total. The van der Waals surface area contributed by atoms with Gasteiger partial charge in [-0.1, -0.05) is 11.6 Å². The Bertz CT molecular complexity index is 816. The fourth-order valence-electron chi connectivity index (χ4n) is 2.12. The van der Waals surface area contributed by atoms with Crippen LogP contribution >= 0.6 is 27.5 Å². The number of amides is 1. The van der Waals surface area contributed by atoms with Crippen LogP contribution in [-0.2, 0) is 4.79 Å². The average molecular weight is 444 g/mol. The lowest BCUT2D eigenvalue weighted by molar-refractivity contribution is -0.384. The summed E-state index contributed by atoms with van der Waals surface area (Å²) in [5.41, 5.74) is 0.270. The van der Waals surface area contributed by atoms with Gasteiger partial charge in [0.25, 0.3) is 5.69 Å². The molecule has 0 radical (unpaired) electrons. The second-order valence-corrected chi connectivity index (χ2v) is 6.51. The largest absolute Gasteiger partial charge is 0.494 e. The highest BCUT2D eigenvalue weighted by Gasteiger charge is 2.13. The predicted molar refractivity (Wildman–Crippen MR) is 102 cm³/mol. The second kappa shape index (κ2) is 9.40. The minimum Gasteiger partial charge on any atom is -0.494 e. The number of benzene rings is 2. The van der Waals surface area contributed by atoms with Crippen LogP contribution in [0.4, 0.5) is 11.4 Å². The van der Waals surface area contributed by atoms with Gasteiger partial charge in [0.1, 0.15) is 11.5 Å². The molecule has 0 saturated carbocycles. The maximum Gasteiger partial charge on any atom is 0.273 e. The molecule has 1 amide bonds. The standard InChI is InChI=1S/C17H16BrClN2O5/c1-25-16-10-12(21(23)24)5-6-14(16)20-17(22)3-2-8-26-15-7-4-11(19)9-13(15)18/h4-7,9-10H,2-3,8H2,1H3,(H,20,22). The van der Waals surface area contributed by atoms with Crippen molar-refractivity contribution in [2.24, 2.45) is 0 Å². The van der Waals surface area contributed by atoms with Crippen LogP contribution < -0.4 is 14.8 Å². The van der Waals surface area contributed by atoms with Crippen LogP contribution in [0.3, 0.4) is 0 Å². The number of ether oxygens (including phenoxy) is 2. The molecule has 0 spiro atoms. The smallest absolute Gasteiger partial charge is 0.273 e. The van der Waals surface area contributed by atoms with Gasteiger partial charge < -0.3 is 14.8 Å². The average Bonchev–Trinajstić information content (AvgIpc) is 2.60. The lowest BCUT2D eigenvalue weighted by Gasteiger charge is -2.11. The molecule has 2 rings (SSSR count). The van der Waals surface area contributed by atoms with Gasteiger partial charge in [-0.05, 0) is 46.6 Å². The van der Waals surface area contributed by atoms with Crippen LogP contribution in [0.2, 0.25) is 5.02 Å². The molecule has 0 aromatic heterocycles. The Balaban J connectivity index is 1.84. The number of nitrogens with zero attached hydrogens (tertiary/aromatic N) is 1.